The first-order valence-corrected chi connectivity index (χ1v) is 23.7. The van der Waals surface area contributed by atoms with Gasteiger partial charge in [-0.3, -0.25) is 19.8 Å². The van der Waals surface area contributed by atoms with E-state index in [0.717, 1.165) is 43.1 Å². The van der Waals surface area contributed by atoms with E-state index < -0.39 is 46.8 Å². The number of nitro benzene ring substituents is 1. The summed E-state index contributed by atoms with van der Waals surface area (Å²) in [6.45, 7) is 4.45. The van der Waals surface area contributed by atoms with Gasteiger partial charge in [0.1, 0.15) is 41.1 Å². The molecule has 1 unspecified atom stereocenters. The van der Waals surface area contributed by atoms with Crippen LogP contribution in [0.3, 0.4) is 0 Å². The van der Waals surface area contributed by atoms with E-state index in [4.69, 9.17) is 33.7 Å². The molecule has 0 radical (unpaired) electrons. The monoisotopic (exact) mass is 947 g/mol. The van der Waals surface area contributed by atoms with E-state index in [0.29, 0.717) is 72.8 Å². The Morgan fingerprint density at radius 3 is 2.42 bits per heavy atom. The lowest BCUT2D eigenvalue weighted by atomic mass is 9.55. The molecule has 4 aromatic carbocycles. The molecule has 15 nitrogen and oxygen atoms in total. The van der Waals surface area contributed by atoms with Crippen LogP contribution in [0.2, 0.25) is 0 Å². The fraction of sp³-hybridized carbons (Fsp3) is 0.415. The highest BCUT2D eigenvalue weighted by Crippen LogP contribution is 2.62. The molecule has 2 N–H and O–H groups in total. The summed E-state index contributed by atoms with van der Waals surface area (Å²) in [4.78, 5) is 45.5. The Hall–Kier alpha value is -6.46. The minimum Gasteiger partial charge on any atom is -0.459 e. The van der Waals surface area contributed by atoms with Gasteiger partial charge in [-0.15, -0.1) is 6.58 Å². The Morgan fingerprint density at radius 2 is 1.71 bits per heavy atom. The highest BCUT2D eigenvalue weighted by atomic mass is 19.1. The van der Waals surface area contributed by atoms with Crippen molar-refractivity contribution in [3.8, 4) is 23.0 Å². The van der Waals surface area contributed by atoms with E-state index in [1.165, 1.54) is 41.3 Å². The third-order valence-electron chi connectivity index (χ3n) is 13.4. The summed E-state index contributed by atoms with van der Waals surface area (Å²) >= 11 is 0. The van der Waals surface area contributed by atoms with Crippen molar-refractivity contribution in [2.24, 2.45) is 22.9 Å². The Bertz CT molecular complexity index is 2490. The molecule has 2 fully saturated rings. The van der Waals surface area contributed by atoms with Crippen LogP contribution in [-0.4, -0.2) is 82.7 Å². The van der Waals surface area contributed by atoms with Gasteiger partial charge in [-0.2, -0.15) is 0 Å². The maximum Gasteiger partial charge on any atom is 0.416 e. The Kier molecular flexibility index (Phi) is 16.2. The van der Waals surface area contributed by atoms with E-state index in [9.17, 15) is 29.5 Å². The van der Waals surface area contributed by atoms with E-state index in [1.54, 1.807) is 48.5 Å². The highest BCUT2D eigenvalue weighted by molar-refractivity contribution is 6.03. The van der Waals surface area contributed by atoms with Gasteiger partial charge >= 0.3 is 6.09 Å². The van der Waals surface area contributed by atoms with Gasteiger partial charge in [0.15, 0.2) is 0 Å². The number of ether oxygens (including phenoxy) is 5. The molecule has 2 aliphatic carbocycles. The number of rotatable bonds is 21. The van der Waals surface area contributed by atoms with Crippen molar-refractivity contribution >= 4 is 23.8 Å². The van der Waals surface area contributed by atoms with Gasteiger partial charge in [0.25, 0.3) is 5.69 Å². The smallest absolute Gasteiger partial charge is 0.416 e. The predicted octanol–water partition coefficient (Wildman–Crippen LogP) is 10.2. The van der Waals surface area contributed by atoms with Gasteiger partial charge in [0.2, 0.25) is 12.1 Å². The number of aliphatic hydroxyl groups excluding tert-OH is 2. The van der Waals surface area contributed by atoms with Crippen LogP contribution >= 0.6 is 0 Å². The van der Waals surface area contributed by atoms with Crippen molar-refractivity contribution in [3.63, 3.8) is 0 Å². The normalized spacial score (nSPS) is 24.2. The van der Waals surface area contributed by atoms with E-state index >= 15 is 4.79 Å². The van der Waals surface area contributed by atoms with Crippen molar-refractivity contribution < 1.29 is 57.6 Å². The number of carbonyl (C=O) groups is 2. The van der Waals surface area contributed by atoms with Crippen molar-refractivity contribution in [1.82, 2.24) is 4.90 Å². The van der Waals surface area contributed by atoms with Gasteiger partial charge in [-0.25, -0.2) is 9.18 Å². The number of amides is 1. The van der Waals surface area contributed by atoms with Gasteiger partial charge in [-0.1, -0.05) is 54.4 Å². The molecule has 2 heterocycles. The number of carbonyl (C=O) groups excluding carboxylic acids is 2. The van der Waals surface area contributed by atoms with Gasteiger partial charge in [0, 0.05) is 61.8 Å². The zero-order valence-electron chi connectivity index (χ0n) is 38.4. The number of nitro groups is 1. The Morgan fingerprint density at radius 1 is 0.957 bits per heavy atom. The molecule has 364 valence electrons. The maximum atomic E-state index is 15.1. The summed E-state index contributed by atoms with van der Waals surface area (Å²) in [6, 6.07) is 22.3. The van der Waals surface area contributed by atoms with Crippen LogP contribution in [0, 0.1) is 33.7 Å². The van der Waals surface area contributed by atoms with Crippen LogP contribution in [0.25, 0.3) is 0 Å². The molecule has 0 aromatic heterocycles. The lowest BCUT2D eigenvalue weighted by molar-refractivity contribution is -0.384. The fourth-order valence-corrected chi connectivity index (χ4v) is 10.3. The second kappa shape index (κ2) is 22.8. The highest BCUT2D eigenvalue weighted by Gasteiger charge is 2.66. The van der Waals surface area contributed by atoms with Crippen LogP contribution in [0.5, 0.6) is 23.0 Å². The lowest BCUT2D eigenvalue weighted by Gasteiger charge is -2.59. The van der Waals surface area contributed by atoms with E-state index in [2.05, 4.69) is 12.7 Å². The molecule has 0 spiro atoms. The summed E-state index contributed by atoms with van der Waals surface area (Å²) in [5, 5.41) is 36.5. The lowest BCUT2D eigenvalue weighted by Crippen LogP contribution is -2.70. The van der Waals surface area contributed by atoms with E-state index in [1.807, 2.05) is 12.1 Å². The number of allylic oxidation sites excluding steroid dienone is 1. The number of nitrogens with zero attached hydrogens (tertiary/aromatic N) is 3. The quantitative estimate of drug-likeness (QED) is 0.0265. The van der Waals surface area contributed by atoms with Crippen molar-refractivity contribution in [2.75, 3.05) is 26.4 Å². The molecule has 8 rings (SSSR count). The summed E-state index contributed by atoms with van der Waals surface area (Å²) in [6.07, 6.45) is 9.58. The minimum absolute atomic E-state index is 0.00755. The molecule has 0 bridgehead atoms. The number of benzene rings is 4. The minimum atomic E-state index is -1.68. The molecule has 1 saturated heterocycles. The van der Waals surface area contributed by atoms with Crippen molar-refractivity contribution in [3.05, 3.63) is 148 Å². The molecule has 7 atom stereocenters. The Balaban J connectivity index is 1.34. The molecule has 69 heavy (non-hydrogen) atoms. The number of hydrogen-bond acceptors (Lipinski definition) is 13. The average Bonchev–Trinajstić information content (AvgIpc) is 3.36. The summed E-state index contributed by atoms with van der Waals surface area (Å²) in [5.41, 5.74) is 2.96. The maximum absolute atomic E-state index is 15.1. The first-order chi connectivity index (χ1) is 33.6. The number of fused-ring (bicyclic) bond motifs is 2. The average molecular weight is 948 g/mol. The van der Waals surface area contributed by atoms with Crippen LogP contribution in [-0.2, 0) is 20.9 Å². The molecular formula is C53H58FN3O12. The largest absolute Gasteiger partial charge is 0.459 e. The number of oxime groups is 1. The summed E-state index contributed by atoms with van der Waals surface area (Å²) in [5.74, 6) is -1.94. The molecule has 16 heteroatoms. The first-order valence-electron chi connectivity index (χ1n) is 23.7. The van der Waals surface area contributed by atoms with Crippen LogP contribution in [0.15, 0.2) is 120 Å². The second-order valence-corrected chi connectivity index (χ2v) is 17.8. The van der Waals surface area contributed by atoms with Crippen molar-refractivity contribution in [2.45, 2.75) is 94.8 Å². The zero-order chi connectivity index (χ0) is 48.3. The van der Waals surface area contributed by atoms with Gasteiger partial charge < -0.3 is 38.7 Å². The zero-order valence-corrected chi connectivity index (χ0v) is 38.4. The van der Waals surface area contributed by atoms with Gasteiger partial charge in [0.05, 0.1) is 29.8 Å². The number of unbranched alkanes of at least 4 members (excludes halogenated alkanes) is 2. The summed E-state index contributed by atoms with van der Waals surface area (Å²) in [7, 11) is 0. The molecule has 1 amide bonds. The summed E-state index contributed by atoms with van der Waals surface area (Å²) < 4.78 is 47.4. The molecule has 2 aliphatic heterocycles. The van der Waals surface area contributed by atoms with Crippen molar-refractivity contribution in [1.29, 1.82) is 0 Å². The number of aliphatic hydroxyl groups is 2. The molecule has 4 aliphatic rings. The number of hydrogen-bond donors (Lipinski definition) is 2. The predicted molar refractivity (Wildman–Crippen MR) is 253 cm³/mol. The third kappa shape index (κ3) is 11.2. The van der Waals surface area contributed by atoms with Crippen LogP contribution < -0.4 is 14.2 Å². The Labute approximate surface area is 400 Å². The standard InChI is InChI=1S/C53H58FN3O12/c1-2-27-65-53-48(56(33-35-15-17-38(54)18-16-35)52(61)67-40-21-19-39(20-22-40)57(62)63)32-46(55-69-49-14-5-8-28-64-49)44-30-37(11-3-6-25-58)43(13-4-7-26-59)50(51(44)53)45-31-42(23-24-47(45)68-53)66-41-12-9-10-36(29-41)34-60/h2,9-10,12,15-24,29-31,34,37,43,48-51,58-59H,1,3-8,11,13-14,25-28,32-33H2/t37-,43+,48-,49?,50+,51+,53+/m0/s1. The number of aldehydes is 1. The molecule has 1 saturated carbocycles. The second-order valence-electron chi connectivity index (χ2n) is 17.8. The first kappa shape index (κ1) is 49.0. The van der Waals surface area contributed by atoms with E-state index in [-0.39, 0.29) is 56.1 Å². The number of halogens is 1. The number of non-ortho nitro benzene ring substituents is 1. The molecule has 4 aromatic rings. The van der Waals surface area contributed by atoms with Gasteiger partial charge in [-0.05, 0) is 116 Å². The topological polar surface area (TPSA) is 189 Å². The molecular weight excluding hydrogens is 890 g/mol. The fourth-order valence-electron chi connectivity index (χ4n) is 10.3. The van der Waals surface area contributed by atoms with Crippen LogP contribution in [0.4, 0.5) is 14.9 Å². The van der Waals surface area contributed by atoms with Crippen LogP contribution in [0.1, 0.15) is 91.6 Å². The third-order valence-corrected chi connectivity index (χ3v) is 13.4. The SMILES string of the molecule is C=CCO[C@@]12Oc3ccc(Oc4cccc(C=O)c4)cc3[C@H]3[C@H](CCCCO)[C@@H](CCCCO)C=C(C(=NOC4CCCCO4)C[C@@H]1N(Cc1ccc(F)cc1)C(=O)Oc1ccc([N+](=O)[O-])cc1)[C@H]32.